The van der Waals surface area contributed by atoms with Crippen molar-refractivity contribution in [1.82, 2.24) is 15.5 Å². The van der Waals surface area contributed by atoms with E-state index in [1.54, 1.807) is 12.1 Å². The molecule has 0 aliphatic carbocycles. The molecule has 28 heavy (non-hydrogen) atoms. The van der Waals surface area contributed by atoms with Crippen molar-refractivity contribution in [3.05, 3.63) is 41.1 Å². The van der Waals surface area contributed by atoms with E-state index in [-0.39, 0.29) is 34.4 Å². The predicted octanol–water partition coefficient (Wildman–Crippen LogP) is 2.84. The molecule has 1 aromatic carbocycles. The van der Waals surface area contributed by atoms with Gasteiger partial charge in [0, 0.05) is 18.2 Å². The van der Waals surface area contributed by atoms with Crippen LogP contribution in [0.3, 0.4) is 0 Å². The van der Waals surface area contributed by atoms with Crippen LogP contribution in [0.4, 0.5) is 13.2 Å². The maximum Gasteiger partial charge on any atom is 0.416 e. The molecular weight excluding hydrogens is 395 g/mol. The van der Waals surface area contributed by atoms with E-state index in [4.69, 9.17) is 0 Å². The van der Waals surface area contributed by atoms with Crippen LogP contribution in [0, 0.1) is 6.92 Å². The van der Waals surface area contributed by atoms with Crippen molar-refractivity contribution in [2.75, 3.05) is 11.5 Å². The number of aryl methyl sites for hydroxylation is 1. The highest BCUT2D eigenvalue weighted by Gasteiger charge is 2.32. The lowest BCUT2D eigenvalue weighted by molar-refractivity contribution is -0.137. The van der Waals surface area contributed by atoms with Crippen LogP contribution in [0.1, 0.15) is 29.7 Å². The largest absolute Gasteiger partial charge is 0.507 e. The Morgan fingerprint density at radius 2 is 1.86 bits per heavy atom. The molecule has 0 saturated carbocycles. The molecule has 2 aromatic rings. The fraction of sp³-hybridized carbons (Fsp3) is 0.444. The number of hydrogen-bond acceptors (Lipinski definition) is 6. The van der Waals surface area contributed by atoms with Crippen LogP contribution in [0.2, 0.25) is 0 Å². The van der Waals surface area contributed by atoms with E-state index in [0.717, 1.165) is 6.07 Å². The molecular formula is C18H20F3N3O3S. The van der Waals surface area contributed by atoms with E-state index in [2.05, 4.69) is 15.5 Å². The third-order valence-electron chi connectivity index (χ3n) is 4.74. The monoisotopic (exact) mass is 415 g/mol. The van der Waals surface area contributed by atoms with Crippen molar-refractivity contribution in [2.24, 2.45) is 0 Å². The van der Waals surface area contributed by atoms with Gasteiger partial charge in [0.2, 0.25) is 0 Å². The Balaban J connectivity index is 1.69. The summed E-state index contributed by atoms with van der Waals surface area (Å²) in [4.78, 5) is 0. The first kappa shape index (κ1) is 20.5. The Morgan fingerprint density at radius 1 is 1.18 bits per heavy atom. The van der Waals surface area contributed by atoms with Crippen LogP contribution < -0.4 is 5.32 Å². The molecule has 1 aromatic heterocycles. The van der Waals surface area contributed by atoms with Gasteiger partial charge in [0.05, 0.1) is 28.5 Å². The Hall–Kier alpha value is -2.20. The number of hydrogen-bond donors (Lipinski definition) is 2. The quantitative estimate of drug-likeness (QED) is 0.798. The van der Waals surface area contributed by atoms with Crippen molar-refractivity contribution in [2.45, 2.75) is 38.5 Å². The van der Waals surface area contributed by atoms with Crippen molar-refractivity contribution in [1.29, 1.82) is 0 Å². The maximum atomic E-state index is 12.8. The van der Waals surface area contributed by atoms with Gasteiger partial charge >= 0.3 is 6.18 Å². The SMILES string of the molecule is Cc1cc(C(F)(F)F)cc(O)c1-c1ccc(CNC2CCS(=O)(=O)CC2)nn1. The summed E-state index contributed by atoms with van der Waals surface area (Å²) in [5.41, 5.74) is 0.417. The van der Waals surface area contributed by atoms with Gasteiger partial charge in [-0.3, -0.25) is 0 Å². The molecule has 0 bridgehead atoms. The number of aromatic nitrogens is 2. The van der Waals surface area contributed by atoms with Gasteiger partial charge in [-0.25, -0.2) is 8.42 Å². The van der Waals surface area contributed by atoms with Crippen LogP contribution in [-0.4, -0.2) is 41.3 Å². The highest BCUT2D eigenvalue weighted by atomic mass is 32.2. The Bertz CT molecular complexity index is 923. The second kappa shape index (κ2) is 7.67. The van der Waals surface area contributed by atoms with E-state index in [9.17, 15) is 26.7 Å². The van der Waals surface area contributed by atoms with E-state index in [1.807, 2.05) is 0 Å². The van der Waals surface area contributed by atoms with E-state index in [1.165, 1.54) is 6.92 Å². The minimum absolute atomic E-state index is 0.0891. The number of halogens is 3. The zero-order chi connectivity index (χ0) is 20.5. The summed E-state index contributed by atoms with van der Waals surface area (Å²) < 4.78 is 61.4. The van der Waals surface area contributed by atoms with Gasteiger partial charge in [0.25, 0.3) is 0 Å². The van der Waals surface area contributed by atoms with E-state index in [0.29, 0.717) is 31.1 Å². The topological polar surface area (TPSA) is 92.2 Å². The van der Waals surface area contributed by atoms with Crippen molar-refractivity contribution >= 4 is 9.84 Å². The van der Waals surface area contributed by atoms with Gasteiger partial charge in [-0.2, -0.15) is 23.4 Å². The van der Waals surface area contributed by atoms with Gasteiger partial charge < -0.3 is 10.4 Å². The van der Waals surface area contributed by atoms with E-state index < -0.39 is 27.3 Å². The zero-order valence-electron chi connectivity index (χ0n) is 15.1. The summed E-state index contributed by atoms with van der Waals surface area (Å²) in [6.07, 6.45) is -3.45. The van der Waals surface area contributed by atoms with Crippen LogP contribution in [0.15, 0.2) is 24.3 Å². The number of phenols is 1. The fourth-order valence-electron chi connectivity index (χ4n) is 3.20. The van der Waals surface area contributed by atoms with E-state index >= 15 is 0 Å². The molecule has 1 aliphatic heterocycles. The first-order valence-electron chi connectivity index (χ1n) is 8.73. The second-order valence-corrected chi connectivity index (χ2v) is 9.21. The van der Waals surface area contributed by atoms with Crippen LogP contribution in [0.5, 0.6) is 5.75 Å². The average Bonchev–Trinajstić information content (AvgIpc) is 2.60. The lowest BCUT2D eigenvalue weighted by Crippen LogP contribution is -2.37. The number of aromatic hydroxyl groups is 1. The minimum Gasteiger partial charge on any atom is -0.507 e. The molecule has 1 aliphatic rings. The Labute approximate surface area is 160 Å². The average molecular weight is 415 g/mol. The van der Waals surface area contributed by atoms with Crippen LogP contribution >= 0.6 is 0 Å². The molecule has 2 N–H and O–H groups in total. The molecule has 1 fully saturated rings. The molecule has 152 valence electrons. The van der Waals surface area contributed by atoms with Gasteiger partial charge in [0.15, 0.2) is 0 Å². The molecule has 0 atom stereocenters. The minimum atomic E-state index is -4.54. The molecule has 6 nitrogen and oxygen atoms in total. The molecule has 10 heteroatoms. The van der Waals surface area contributed by atoms with Gasteiger partial charge in [-0.05, 0) is 49.6 Å². The second-order valence-electron chi connectivity index (χ2n) is 6.90. The summed E-state index contributed by atoms with van der Waals surface area (Å²) >= 11 is 0. The highest BCUT2D eigenvalue weighted by molar-refractivity contribution is 7.91. The summed E-state index contributed by atoms with van der Waals surface area (Å²) in [6.45, 7) is 1.87. The van der Waals surface area contributed by atoms with Gasteiger partial charge in [-0.15, -0.1) is 0 Å². The smallest absolute Gasteiger partial charge is 0.416 e. The number of rotatable bonds is 4. The molecule has 0 amide bonds. The number of alkyl halides is 3. The lowest BCUT2D eigenvalue weighted by Gasteiger charge is -2.22. The predicted molar refractivity (Wildman–Crippen MR) is 97.4 cm³/mol. The normalized spacial score (nSPS) is 17.6. The molecule has 0 spiro atoms. The Morgan fingerprint density at radius 3 is 2.39 bits per heavy atom. The molecule has 3 rings (SSSR count). The third-order valence-corrected chi connectivity index (χ3v) is 6.46. The van der Waals surface area contributed by atoms with Gasteiger partial charge in [-0.1, -0.05) is 0 Å². The molecule has 0 radical (unpaired) electrons. The van der Waals surface area contributed by atoms with Crippen molar-refractivity contribution in [3.8, 4) is 17.0 Å². The number of benzene rings is 1. The summed E-state index contributed by atoms with van der Waals surface area (Å²) in [5, 5.41) is 21.4. The zero-order valence-corrected chi connectivity index (χ0v) is 15.9. The fourth-order valence-corrected chi connectivity index (χ4v) is 4.69. The van der Waals surface area contributed by atoms with Crippen LogP contribution in [0.25, 0.3) is 11.3 Å². The molecule has 2 heterocycles. The first-order valence-corrected chi connectivity index (χ1v) is 10.5. The molecule has 0 unspecified atom stereocenters. The summed E-state index contributed by atoms with van der Waals surface area (Å²) in [7, 11) is -2.92. The highest BCUT2D eigenvalue weighted by Crippen LogP contribution is 2.38. The van der Waals surface area contributed by atoms with Crippen molar-refractivity contribution in [3.63, 3.8) is 0 Å². The molecule has 1 saturated heterocycles. The number of phenolic OH excluding ortho intramolecular Hbond substituents is 1. The number of sulfone groups is 1. The van der Waals surface area contributed by atoms with Crippen molar-refractivity contribution < 1.29 is 26.7 Å². The third kappa shape index (κ3) is 4.79. The lowest BCUT2D eigenvalue weighted by atomic mass is 10.0. The summed E-state index contributed by atoms with van der Waals surface area (Å²) in [5.74, 6) is -0.167. The van der Waals surface area contributed by atoms with Gasteiger partial charge in [0.1, 0.15) is 15.6 Å². The summed E-state index contributed by atoms with van der Waals surface area (Å²) in [6, 6.07) is 4.99. The number of nitrogens with zero attached hydrogens (tertiary/aromatic N) is 2. The first-order chi connectivity index (χ1) is 13.0. The van der Waals surface area contributed by atoms with Crippen LogP contribution in [-0.2, 0) is 22.6 Å². The Kier molecular flexibility index (Phi) is 5.62. The number of nitrogens with one attached hydrogen (secondary N) is 1. The maximum absolute atomic E-state index is 12.8. The standard InChI is InChI=1S/C18H20F3N3O3S/c1-11-8-12(18(19,20)21)9-16(25)17(11)15-3-2-14(23-24-15)10-22-13-4-6-28(26,27)7-5-13/h2-3,8-9,13,22,25H,4-7,10H2,1H3.